The van der Waals surface area contributed by atoms with Crippen molar-refractivity contribution in [2.24, 2.45) is 0 Å². The van der Waals surface area contributed by atoms with Crippen LogP contribution < -0.4 is 10.1 Å². The lowest BCUT2D eigenvalue weighted by atomic mass is 10.3. The van der Waals surface area contributed by atoms with Crippen LogP contribution in [-0.4, -0.2) is 14.2 Å². The molecule has 0 heterocycles. The van der Waals surface area contributed by atoms with E-state index in [2.05, 4.69) is 23.5 Å². The Morgan fingerprint density at radius 1 is 0.941 bits per heavy atom. The minimum Gasteiger partial charge on any atom is -0.496 e. The Balaban J connectivity index is 2.31. The summed E-state index contributed by atoms with van der Waals surface area (Å²) in [6.45, 7) is 0. The quantitative estimate of drug-likeness (QED) is 0.883. The lowest BCUT2D eigenvalue weighted by Gasteiger charge is -2.10. The maximum atomic E-state index is 5.35. The molecule has 0 spiro atoms. The summed E-state index contributed by atoms with van der Waals surface area (Å²) in [7, 11) is 3.63. The highest BCUT2D eigenvalue weighted by atomic mass is 32.2. The molecule has 2 rings (SSSR count). The maximum Gasteiger partial charge on any atom is 0.132 e. The highest BCUT2D eigenvalue weighted by Crippen LogP contribution is 2.37. The van der Waals surface area contributed by atoms with Gasteiger partial charge in [0, 0.05) is 17.6 Å². The second-order valence-electron chi connectivity index (χ2n) is 3.50. The lowest BCUT2D eigenvalue weighted by molar-refractivity contribution is 0.405. The van der Waals surface area contributed by atoms with Crippen LogP contribution >= 0.6 is 11.8 Å². The molecule has 0 aromatic heterocycles. The topological polar surface area (TPSA) is 21.3 Å². The van der Waals surface area contributed by atoms with E-state index in [0.29, 0.717) is 0 Å². The van der Waals surface area contributed by atoms with Gasteiger partial charge in [-0.2, -0.15) is 0 Å². The van der Waals surface area contributed by atoms with Crippen LogP contribution in [0.3, 0.4) is 0 Å². The van der Waals surface area contributed by atoms with Crippen LogP contribution in [0.5, 0.6) is 5.75 Å². The second kappa shape index (κ2) is 5.64. The Morgan fingerprint density at radius 2 is 1.59 bits per heavy atom. The van der Waals surface area contributed by atoms with Crippen molar-refractivity contribution in [1.82, 2.24) is 0 Å². The number of rotatable bonds is 4. The zero-order valence-corrected chi connectivity index (χ0v) is 10.8. The van der Waals surface area contributed by atoms with Crippen LogP contribution in [0.1, 0.15) is 0 Å². The number of para-hydroxylation sites is 2. The van der Waals surface area contributed by atoms with Crippen LogP contribution in [0.2, 0.25) is 0 Å². The Labute approximate surface area is 106 Å². The average molecular weight is 245 g/mol. The fraction of sp³-hybridized carbons (Fsp3) is 0.143. The first kappa shape index (κ1) is 11.9. The number of benzene rings is 2. The molecule has 0 aliphatic heterocycles. The van der Waals surface area contributed by atoms with E-state index in [9.17, 15) is 0 Å². The van der Waals surface area contributed by atoms with Gasteiger partial charge in [-0.25, -0.2) is 0 Å². The van der Waals surface area contributed by atoms with Crippen molar-refractivity contribution in [2.45, 2.75) is 9.79 Å². The van der Waals surface area contributed by atoms with E-state index in [1.807, 2.05) is 37.4 Å². The predicted octanol–water partition coefficient (Wildman–Crippen LogP) is 3.89. The molecule has 0 bridgehead atoms. The number of hydrogen-bond acceptors (Lipinski definition) is 3. The van der Waals surface area contributed by atoms with Crippen molar-refractivity contribution in [3.63, 3.8) is 0 Å². The van der Waals surface area contributed by atoms with Gasteiger partial charge in [0.25, 0.3) is 0 Å². The van der Waals surface area contributed by atoms with E-state index in [1.54, 1.807) is 18.9 Å². The molecule has 0 amide bonds. The van der Waals surface area contributed by atoms with Crippen LogP contribution in [0.25, 0.3) is 0 Å². The van der Waals surface area contributed by atoms with E-state index in [0.717, 1.165) is 16.3 Å². The highest BCUT2D eigenvalue weighted by Gasteiger charge is 2.06. The zero-order chi connectivity index (χ0) is 12.1. The molecule has 17 heavy (non-hydrogen) atoms. The Kier molecular flexibility index (Phi) is 3.94. The zero-order valence-electron chi connectivity index (χ0n) is 9.94. The summed E-state index contributed by atoms with van der Waals surface area (Å²) in [6.07, 6.45) is 0. The summed E-state index contributed by atoms with van der Waals surface area (Å²) in [6, 6.07) is 16.3. The largest absolute Gasteiger partial charge is 0.496 e. The third-order valence-corrected chi connectivity index (χ3v) is 3.58. The molecule has 0 atom stereocenters. The molecule has 0 aliphatic carbocycles. The summed E-state index contributed by atoms with van der Waals surface area (Å²) < 4.78 is 5.35. The molecule has 1 N–H and O–H groups in total. The fourth-order valence-electron chi connectivity index (χ4n) is 1.58. The van der Waals surface area contributed by atoms with Crippen molar-refractivity contribution in [3.8, 4) is 5.75 Å². The number of nitrogens with one attached hydrogen (secondary N) is 1. The Bertz CT molecular complexity index is 454. The van der Waals surface area contributed by atoms with E-state index in [-0.39, 0.29) is 0 Å². The summed E-state index contributed by atoms with van der Waals surface area (Å²) in [5.41, 5.74) is 1.13. The van der Waals surface area contributed by atoms with Gasteiger partial charge in [-0.1, -0.05) is 36.0 Å². The van der Waals surface area contributed by atoms with Crippen LogP contribution in [0.15, 0.2) is 58.3 Å². The molecular weight excluding hydrogens is 230 g/mol. The molecule has 88 valence electrons. The third kappa shape index (κ3) is 2.74. The number of methoxy groups -OCH3 is 1. The van der Waals surface area contributed by atoms with Gasteiger partial charge in [-0.15, -0.1) is 0 Å². The fourth-order valence-corrected chi connectivity index (χ4v) is 2.65. The normalized spacial score (nSPS) is 10.0. The Morgan fingerprint density at radius 3 is 2.29 bits per heavy atom. The summed E-state index contributed by atoms with van der Waals surface area (Å²) in [4.78, 5) is 2.32. The molecule has 0 aliphatic rings. The standard InChI is InChI=1S/C14H15NOS/c1-15-11-7-3-5-9-13(11)17-14-10-6-4-8-12(14)16-2/h3-10,15H,1-2H3. The van der Waals surface area contributed by atoms with Crippen LogP contribution in [0, 0.1) is 0 Å². The molecular formula is C14H15NOS. The van der Waals surface area contributed by atoms with Crippen molar-refractivity contribution in [3.05, 3.63) is 48.5 Å². The van der Waals surface area contributed by atoms with Crippen LogP contribution in [-0.2, 0) is 0 Å². The number of hydrogen-bond donors (Lipinski definition) is 1. The molecule has 0 fully saturated rings. The minimum absolute atomic E-state index is 0.906. The Hall–Kier alpha value is -1.61. The molecule has 0 saturated heterocycles. The van der Waals surface area contributed by atoms with Gasteiger partial charge in [0.15, 0.2) is 0 Å². The molecule has 0 radical (unpaired) electrons. The summed E-state index contributed by atoms with van der Waals surface area (Å²) >= 11 is 1.70. The van der Waals surface area contributed by atoms with Gasteiger partial charge in [0.1, 0.15) is 5.75 Å². The van der Waals surface area contributed by atoms with Gasteiger partial charge < -0.3 is 10.1 Å². The van der Waals surface area contributed by atoms with E-state index < -0.39 is 0 Å². The smallest absolute Gasteiger partial charge is 0.132 e. The average Bonchev–Trinajstić information content (AvgIpc) is 2.40. The molecule has 2 aromatic rings. The molecule has 0 unspecified atom stereocenters. The van der Waals surface area contributed by atoms with Gasteiger partial charge in [-0.05, 0) is 24.3 Å². The van der Waals surface area contributed by atoms with Gasteiger partial charge >= 0.3 is 0 Å². The third-order valence-electron chi connectivity index (χ3n) is 2.45. The lowest BCUT2D eigenvalue weighted by Crippen LogP contribution is -1.90. The van der Waals surface area contributed by atoms with Gasteiger partial charge in [0.05, 0.1) is 12.0 Å². The van der Waals surface area contributed by atoms with Crippen molar-refractivity contribution >= 4 is 17.4 Å². The van der Waals surface area contributed by atoms with E-state index >= 15 is 0 Å². The van der Waals surface area contributed by atoms with Crippen molar-refractivity contribution < 1.29 is 4.74 Å². The summed E-state index contributed by atoms with van der Waals surface area (Å²) in [5.74, 6) is 0.906. The highest BCUT2D eigenvalue weighted by molar-refractivity contribution is 7.99. The first-order valence-corrected chi connectivity index (χ1v) is 6.24. The van der Waals surface area contributed by atoms with Gasteiger partial charge in [-0.3, -0.25) is 0 Å². The molecule has 2 aromatic carbocycles. The number of ether oxygens (including phenoxy) is 1. The predicted molar refractivity (Wildman–Crippen MR) is 73.1 cm³/mol. The van der Waals surface area contributed by atoms with Crippen LogP contribution in [0.4, 0.5) is 5.69 Å². The first-order valence-electron chi connectivity index (χ1n) is 5.43. The molecule has 3 heteroatoms. The second-order valence-corrected chi connectivity index (χ2v) is 4.58. The van der Waals surface area contributed by atoms with Crippen molar-refractivity contribution in [2.75, 3.05) is 19.5 Å². The molecule has 2 nitrogen and oxygen atoms in total. The first-order chi connectivity index (χ1) is 8.35. The maximum absolute atomic E-state index is 5.35. The van der Waals surface area contributed by atoms with E-state index in [1.165, 1.54) is 4.90 Å². The molecule has 0 saturated carbocycles. The SMILES string of the molecule is CNc1ccccc1Sc1ccccc1OC. The summed E-state index contributed by atoms with van der Waals surface area (Å²) in [5, 5.41) is 3.19. The van der Waals surface area contributed by atoms with Crippen molar-refractivity contribution in [1.29, 1.82) is 0 Å². The minimum atomic E-state index is 0.906. The van der Waals surface area contributed by atoms with Gasteiger partial charge in [0.2, 0.25) is 0 Å². The monoisotopic (exact) mass is 245 g/mol. The number of anilines is 1. The van der Waals surface area contributed by atoms with E-state index in [4.69, 9.17) is 4.74 Å².